The summed E-state index contributed by atoms with van der Waals surface area (Å²) < 4.78 is 1.55. The van der Waals surface area contributed by atoms with Crippen molar-refractivity contribution in [3.63, 3.8) is 0 Å². The number of anilines is 1. The lowest BCUT2D eigenvalue weighted by Crippen LogP contribution is -2.30. The number of hydrogen-bond donors (Lipinski definition) is 2. The summed E-state index contributed by atoms with van der Waals surface area (Å²) in [5, 5.41) is 3.35. The van der Waals surface area contributed by atoms with Gasteiger partial charge in [-0.05, 0) is 19.5 Å². The first kappa shape index (κ1) is 14.7. The lowest BCUT2D eigenvalue weighted by atomic mass is 10.1. The average molecular weight is 271 g/mol. The molecule has 0 saturated heterocycles. The van der Waals surface area contributed by atoms with Gasteiger partial charge in [-0.2, -0.15) is 0 Å². The Kier molecular flexibility index (Phi) is 6.19. The summed E-state index contributed by atoms with van der Waals surface area (Å²) in [5.74, 6) is 0. The van der Waals surface area contributed by atoms with E-state index in [4.69, 9.17) is 30.2 Å². The van der Waals surface area contributed by atoms with Crippen LogP contribution in [0.2, 0.25) is 0 Å². The minimum Gasteiger partial charge on any atom is -0.382 e. The van der Waals surface area contributed by atoms with Crippen molar-refractivity contribution in [1.82, 2.24) is 4.90 Å². The monoisotopic (exact) mass is 271 g/mol. The maximum Gasteiger partial charge on any atom is 0.0797 e. The van der Waals surface area contributed by atoms with E-state index < -0.39 is 0 Å². The highest BCUT2D eigenvalue weighted by molar-refractivity contribution is 7.74. The molecule has 0 fully saturated rings. The normalized spacial score (nSPS) is 11.3. The molecule has 5 heteroatoms. The van der Waals surface area contributed by atoms with Crippen molar-refractivity contribution in [2.24, 2.45) is 5.73 Å². The molecule has 0 amide bonds. The third-order valence-electron chi connectivity index (χ3n) is 2.93. The van der Waals surface area contributed by atoms with Crippen molar-refractivity contribution in [3.8, 4) is 0 Å². The van der Waals surface area contributed by atoms with Crippen molar-refractivity contribution in [3.05, 3.63) is 14.6 Å². The second-order valence-electron chi connectivity index (χ2n) is 4.08. The van der Waals surface area contributed by atoms with Crippen LogP contribution in [-0.2, 0) is 6.54 Å². The Bertz CT molecular complexity index is 421. The molecule has 0 bridgehead atoms. The Balaban J connectivity index is 2.43. The third kappa shape index (κ3) is 3.55. The number of rotatable bonds is 8. The number of nitrogens with two attached hydrogens (primary N) is 1. The topological polar surface area (TPSA) is 41.3 Å². The molecule has 17 heavy (non-hydrogen) atoms. The van der Waals surface area contributed by atoms with Gasteiger partial charge >= 0.3 is 0 Å². The molecule has 96 valence electrons. The Morgan fingerprint density at radius 2 is 1.88 bits per heavy atom. The number of hydrogen-bond acceptors (Lipinski definition) is 5. The smallest absolute Gasteiger partial charge is 0.0797 e. The number of likely N-dealkylation sites (N-methyl/N-ethyl adjacent to an activating group) is 1. The predicted octanol–water partition coefficient (Wildman–Crippen LogP) is 2.62. The van der Waals surface area contributed by atoms with E-state index in [2.05, 4.69) is 24.1 Å². The molecule has 1 rings (SSSR count). The van der Waals surface area contributed by atoms with Crippen LogP contribution in [0.5, 0.6) is 0 Å². The van der Waals surface area contributed by atoms with Gasteiger partial charge in [0.2, 0.25) is 0 Å². The van der Waals surface area contributed by atoms with Gasteiger partial charge in [-0.3, -0.25) is 0 Å². The Morgan fingerprint density at radius 3 is 2.41 bits per heavy atom. The highest BCUT2D eigenvalue weighted by Crippen LogP contribution is 2.25. The van der Waals surface area contributed by atoms with Crippen LogP contribution in [0.1, 0.15) is 25.8 Å². The van der Waals surface area contributed by atoms with E-state index in [1.54, 1.807) is 0 Å². The molecule has 1 aromatic rings. The fourth-order valence-electron chi connectivity index (χ4n) is 1.90. The van der Waals surface area contributed by atoms with Crippen molar-refractivity contribution < 1.29 is 0 Å². The quantitative estimate of drug-likeness (QED) is 0.711. The molecule has 0 saturated carbocycles. The van der Waals surface area contributed by atoms with Crippen LogP contribution in [0.4, 0.5) is 5.69 Å². The highest BCUT2D eigenvalue weighted by Gasteiger charge is 2.12. The Morgan fingerprint density at radius 1 is 1.18 bits per heavy atom. The summed E-state index contributed by atoms with van der Waals surface area (Å²) in [6.07, 6.45) is 1.19. The maximum atomic E-state index is 5.63. The largest absolute Gasteiger partial charge is 0.382 e. The average Bonchev–Trinajstić information content (AvgIpc) is 2.35. The van der Waals surface area contributed by atoms with Gasteiger partial charge in [0.1, 0.15) is 0 Å². The Labute approximate surface area is 114 Å². The van der Waals surface area contributed by atoms with Crippen LogP contribution in [0, 0.1) is 9.02 Å². The molecule has 1 aromatic carbocycles. The van der Waals surface area contributed by atoms with Crippen LogP contribution >= 0.6 is 24.4 Å². The first-order valence-electron chi connectivity index (χ1n) is 6.14. The molecule has 3 N–H and O–H groups in total. The van der Waals surface area contributed by atoms with Crippen LogP contribution in [0.25, 0.3) is 0 Å². The van der Waals surface area contributed by atoms with Gasteiger partial charge in [0.25, 0.3) is 0 Å². The number of nitrogens with zero attached hydrogens (tertiary/aromatic N) is 1. The lowest BCUT2D eigenvalue weighted by molar-refractivity contribution is 0.300. The zero-order valence-corrected chi connectivity index (χ0v) is 12.2. The van der Waals surface area contributed by atoms with Crippen LogP contribution in [0.3, 0.4) is 0 Å². The molecule has 0 aliphatic carbocycles. The summed E-state index contributed by atoms with van der Waals surface area (Å²) in [6.45, 7) is 9.02. The van der Waals surface area contributed by atoms with Gasteiger partial charge in [-0.15, -0.1) is 0 Å². The molecule has 0 atom stereocenters. The van der Waals surface area contributed by atoms with Crippen molar-refractivity contribution in [1.29, 1.82) is 0 Å². The van der Waals surface area contributed by atoms with E-state index in [9.17, 15) is 0 Å². The first-order valence-corrected chi connectivity index (χ1v) is 6.95. The fraction of sp³-hybridized carbons (Fsp3) is 0.667. The zero-order valence-electron chi connectivity index (χ0n) is 10.6. The van der Waals surface area contributed by atoms with Crippen molar-refractivity contribution >= 4 is 30.1 Å². The van der Waals surface area contributed by atoms with E-state index in [-0.39, 0.29) is 0 Å². The predicted molar refractivity (Wildman–Crippen MR) is 79.3 cm³/mol. The molecular weight excluding hydrogens is 250 g/mol. The molecule has 0 aliphatic heterocycles. The Hall–Kier alpha value is -0.360. The van der Waals surface area contributed by atoms with Gasteiger partial charge < -0.3 is 16.0 Å². The van der Waals surface area contributed by atoms with Crippen LogP contribution in [0.15, 0.2) is 0 Å². The van der Waals surface area contributed by atoms with E-state index in [1.165, 1.54) is 6.42 Å². The van der Waals surface area contributed by atoms with E-state index in [0.717, 1.165) is 46.5 Å². The minimum atomic E-state index is 0.480. The molecule has 0 spiro atoms. The van der Waals surface area contributed by atoms with Crippen molar-refractivity contribution in [2.45, 2.75) is 26.8 Å². The van der Waals surface area contributed by atoms with Crippen molar-refractivity contribution in [2.75, 3.05) is 31.5 Å². The summed E-state index contributed by atoms with van der Waals surface area (Å²) in [4.78, 5) is 2.41. The highest BCUT2D eigenvalue weighted by atomic mass is 32.1. The van der Waals surface area contributed by atoms with Gasteiger partial charge in [0.15, 0.2) is 0 Å². The molecule has 0 aromatic heterocycles. The van der Waals surface area contributed by atoms with Gasteiger partial charge in [-0.25, -0.2) is 0 Å². The first-order chi connectivity index (χ1) is 8.15. The van der Waals surface area contributed by atoms with E-state index in [0.29, 0.717) is 6.54 Å². The molecule has 0 radical (unpaired) electrons. The van der Waals surface area contributed by atoms with E-state index in [1.807, 2.05) is 0 Å². The van der Waals surface area contributed by atoms with Gasteiger partial charge in [0.05, 0.1) is 14.7 Å². The summed E-state index contributed by atoms with van der Waals surface area (Å²) >= 11 is 10.3. The van der Waals surface area contributed by atoms with E-state index >= 15 is 0 Å². The standard InChI is InChI=1S/C12H21N3S2/c1-3-6-15(4-2)7-5-14-10-9(8-13)11(16)12(10)17/h14H,3-8,13H2,1-2H3. The lowest BCUT2D eigenvalue weighted by Gasteiger charge is -2.21. The SMILES string of the molecule is CCCN(CC)CCNc1c(CN)c(=S)c1=S. The maximum absolute atomic E-state index is 5.63. The summed E-state index contributed by atoms with van der Waals surface area (Å²) in [6, 6.07) is 0. The molecule has 3 nitrogen and oxygen atoms in total. The third-order valence-corrected chi connectivity index (χ3v) is 3.92. The zero-order chi connectivity index (χ0) is 12.8. The summed E-state index contributed by atoms with van der Waals surface area (Å²) in [5.41, 5.74) is 7.64. The summed E-state index contributed by atoms with van der Waals surface area (Å²) in [7, 11) is 0. The molecule has 0 heterocycles. The minimum absolute atomic E-state index is 0.480. The van der Waals surface area contributed by atoms with Crippen LogP contribution < -0.4 is 11.1 Å². The second kappa shape index (κ2) is 7.16. The molecular formula is C12H21N3S2. The second-order valence-corrected chi connectivity index (χ2v) is 4.89. The van der Waals surface area contributed by atoms with Gasteiger partial charge in [-0.1, -0.05) is 38.3 Å². The molecule has 0 aliphatic rings. The fourth-order valence-corrected chi connectivity index (χ4v) is 2.51. The van der Waals surface area contributed by atoms with Crippen LogP contribution in [-0.4, -0.2) is 31.1 Å². The van der Waals surface area contributed by atoms with Gasteiger partial charge in [0, 0.05) is 25.2 Å². The number of nitrogens with one attached hydrogen (secondary N) is 1. The molecule has 0 unspecified atom stereocenters.